The number of rotatable bonds is 6. The SMILES string of the molecule is CCOc1cccc([C@@H](O)CN(C)C(=O)c2sc3nc[nH]c(=O)c3c2C)c1. The Kier molecular flexibility index (Phi) is 5.57. The van der Waals surface area contributed by atoms with Crippen LogP contribution in [0.25, 0.3) is 10.2 Å². The van der Waals surface area contributed by atoms with Crippen molar-refractivity contribution in [3.63, 3.8) is 0 Å². The summed E-state index contributed by atoms with van der Waals surface area (Å²) < 4.78 is 5.45. The summed E-state index contributed by atoms with van der Waals surface area (Å²) in [6, 6.07) is 7.18. The molecule has 7 nitrogen and oxygen atoms in total. The highest BCUT2D eigenvalue weighted by Gasteiger charge is 2.23. The van der Waals surface area contributed by atoms with Gasteiger partial charge in [-0.25, -0.2) is 4.98 Å². The lowest BCUT2D eigenvalue weighted by Gasteiger charge is -2.21. The molecule has 2 heterocycles. The highest BCUT2D eigenvalue weighted by molar-refractivity contribution is 7.20. The number of carbonyl (C=O) groups excluding carboxylic acids is 1. The Labute approximate surface area is 160 Å². The number of benzene rings is 1. The minimum absolute atomic E-state index is 0.117. The van der Waals surface area contributed by atoms with Crippen LogP contribution in [-0.2, 0) is 0 Å². The van der Waals surface area contributed by atoms with Gasteiger partial charge in [0.15, 0.2) is 0 Å². The Bertz CT molecular complexity index is 1030. The molecule has 0 aliphatic rings. The number of ether oxygens (including phenoxy) is 1. The van der Waals surface area contributed by atoms with Crippen molar-refractivity contribution in [2.45, 2.75) is 20.0 Å². The molecule has 27 heavy (non-hydrogen) atoms. The second-order valence-electron chi connectivity index (χ2n) is 6.17. The van der Waals surface area contributed by atoms with E-state index in [2.05, 4.69) is 9.97 Å². The Morgan fingerprint density at radius 2 is 2.22 bits per heavy atom. The van der Waals surface area contributed by atoms with Crippen molar-refractivity contribution >= 4 is 27.5 Å². The van der Waals surface area contributed by atoms with Crippen LogP contribution in [0.4, 0.5) is 0 Å². The first-order chi connectivity index (χ1) is 12.9. The Morgan fingerprint density at radius 3 is 2.93 bits per heavy atom. The Balaban J connectivity index is 1.80. The summed E-state index contributed by atoms with van der Waals surface area (Å²) >= 11 is 1.18. The molecule has 2 aromatic heterocycles. The molecule has 3 aromatic rings. The fourth-order valence-corrected chi connectivity index (χ4v) is 4.03. The van der Waals surface area contributed by atoms with E-state index in [0.29, 0.717) is 38.6 Å². The molecule has 0 spiro atoms. The van der Waals surface area contributed by atoms with E-state index in [4.69, 9.17) is 4.74 Å². The van der Waals surface area contributed by atoms with Gasteiger partial charge < -0.3 is 19.7 Å². The molecule has 0 unspecified atom stereocenters. The summed E-state index contributed by atoms with van der Waals surface area (Å²) in [6.07, 6.45) is 0.476. The maximum Gasteiger partial charge on any atom is 0.264 e. The average molecular weight is 387 g/mol. The normalized spacial score (nSPS) is 12.1. The van der Waals surface area contributed by atoms with Gasteiger partial charge in [-0.2, -0.15) is 0 Å². The van der Waals surface area contributed by atoms with Crippen LogP contribution in [0.5, 0.6) is 5.75 Å². The van der Waals surface area contributed by atoms with E-state index in [1.54, 1.807) is 32.2 Å². The number of nitrogens with zero attached hydrogens (tertiary/aromatic N) is 2. The van der Waals surface area contributed by atoms with Gasteiger partial charge >= 0.3 is 0 Å². The first kappa shape index (κ1) is 19.1. The van der Waals surface area contributed by atoms with Gasteiger partial charge in [0.05, 0.1) is 35.8 Å². The summed E-state index contributed by atoms with van der Waals surface area (Å²) in [5, 5.41) is 11.0. The summed E-state index contributed by atoms with van der Waals surface area (Å²) in [6.45, 7) is 4.28. The molecule has 142 valence electrons. The van der Waals surface area contributed by atoms with Crippen LogP contribution in [0.3, 0.4) is 0 Å². The van der Waals surface area contributed by atoms with Gasteiger partial charge in [0.1, 0.15) is 10.6 Å². The third-order valence-corrected chi connectivity index (χ3v) is 5.46. The molecule has 0 saturated carbocycles. The number of hydrogen-bond acceptors (Lipinski definition) is 6. The van der Waals surface area contributed by atoms with Gasteiger partial charge in [0, 0.05) is 7.05 Å². The van der Waals surface area contributed by atoms with Crippen molar-refractivity contribution in [3.8, 4) is 5.75 Å². The first-order valence-electron chi connectivity index (χ1n) is 8.55. The number of aromatic nitrogens is 2. The minimum atomic E-state index is -0.851. The number of aryl methyl sites for hydroxylation is 1. The molecule has 8 heteroatoms. The molecule has 0 bridgehead atoms. The molecular weight excluding hydrogens is 366 g/mol. The number of aliphatic hydroxyl groups excluding tert-OH is 1. The molecule has 1 atom stereocenters. The Hall–Kier alpha value is -2.71. The van der Waals surface area contributed by atoms with E-state index < -0.39 is 6.10 Å². The summed E-state index contributed by atoms with van der Waals surface area (Å²) in [7, 11) is 1.62. The number of fused-ring (bicyclic) bond motifs is 1. The van der Waals surface area contributed by atoms with Crippen LogP contribution in [0.2, 0.25) is 0 Å². The zero-order chi connectivity index (χ0) is 19.6. The molecule has 0 radical (unpaired) electrons. The zero-order valence-corrected chi connectivity index (χ0v) is 16.2. The molecule has 0 aliphatic carbocycles. The predicted molar refractivity (Wildman–Crippen MR) is 105 cm³/mol. The summed E-state index contributed by atoms with van der Waals surface area (Å²) in [4.78, 5) is 33.9. The smallest absolute Gasteiger partial charge is 0.264 e. The van der Waals surface area contributed by atoms with Crippen molar-refractivity contribution in [3.05, 3.63) is 57.0 Å². The van der Waals surface area contributed by atoms with Crippen LogP contribution < -0.4 is 10.3 Å². The fourth-order valence-electron chi connectivity index (χ4n) is 2.88. The van der Waals surface area contributed by atoms with Crippen molar-refractivity contribution in [1.29, 1.82) is 0 Å². The third-order valence-electron chi connectivity index (χ3n) is 4.27. The van der Waals surface area contributed by atoms with Crippen LogP contribution in [0, 0.1) is 6.92 Å². The number of aliphatic hydroxyl groups is 1. The van der Waals surface area contributed by atoms with Gasteiger partial charge in [-0.1, -0.05) is 12.1 Å². The standard InChI is InChI=1S/C19H21N3O4S/c1-4-26-13-7-5-6-12(8-13)14(23)9-22(3)19(25)16-11(2)15-17(24)20-10-21-18(15)27-16/h5-8,10,14,23H,4,9H2,1-3H3,(H,20,21,24)/t14-/m0/s1. The highest BCUT2D eigenvalue weighted by atomic mass is 32.1. The quantitative estimate of drug-likeness (QED) is 0.678. The largest absolute Gasteiger partial charge is 0.494 e. The van der Waals surface area contributed by atoms with Crippen molar-refractivity contribution < 1.29 is 14.6 Å². The third kappa shape index (κ3) is 3.86. The maximum atomic E-state index is 12.8. The van der Waals surface area contributed by atoms with E-state index in [1.807, 2.05) is 13.0 Å². The van der Waals surface area contributed by atoms with Gasteiger partial charge in [-0.3, -0.25) is 9.59 Å². The first-order valence-corrected chi connectivity index (χ1v) is 9.37. The number of hydrogen-bond donors (Lipinski definition) is 2. The van der Waals surface area contributed by atoms with Crippen LogP contribution >= 0.6 is 11.3 Å². The van der Waals surface area contributed by atoms with Gasteiger partial charge in [-0.05, 0) is 37.1 Å². The minimum Gasteiger partial charge on any atom is -0.494 e. The average Bonchev–Trinajstić information content (AvgIpc) is 2.99. The number of carbonyl (C=O) groups is 1. The van der Waals surface area contributed by atoms with E-state index in [9.17, 15) is 14.7 Å². The number of H-pyrrole nitrogens is 1. The fraction of sp³-hybridized carbons (Fsp3) is 0.316. The number of nitrogens with one attached hydrogen (secondary N) is 1. The second kappa shape index (κ2) is 7.89. The van der Waals surface area contributed by atoms with Gasteiger partial charge in [-0.15, -0.1) is 11.3 Å². The highest BCUT2D eigenvalue weighted by Crippen LogP contribution is 2.28. The molecule has 1 amide bonds. The molecule has 2 N–H and O–H groups in total. The number of thiophene rings is 1. The summed E-state index contributed by atoms with van der Waals surface area (Å²) in [5.41, 5.74) is 1.02. The zero-order valence-electron chi connectivity index (χ0n) is 15.4. The number of amides is 1. The number of likely N-dealkylation sites (N-methyl/N-ethyl adjacent to an activating group) is 1. The predicted octanol–water partition coefficient (Wildman–Crippen LogP) is 2.50. The molecule has 3 rings (SSSR count). The molecule has 0 aliphatic heterocycles. The van der Waals surface area contributed by atoms with E-state index in [1.165, 1.54) is 22.6 Å². The Morgan fingerprint density at radius 1 is 1.44 bits per heavy atom. The van der Waals surface area contributed by atoms with Crippen molar-refractivity contribution in [2.75, 3.05) is 20.2 Å². The second-order valence-corrected chi connectivity index (χ2v) is 7.17. The van der Waals surface area contributed by atoms with E-state index in [0.717, 1.165) is 0 Å². The van der Waals surface area contributed by atoms with E-state index in [-0.39, 0.29) is 18.0 Å². The van der Waals surface area contributed by atoms with Crippen molar-refractivity contribution in [1.82, 2.24) is 14.9 Å². The number of aromatic amines is 1. The monoisotopic (exact) mass is 387 g/mol. The molecule has 0 saturated heterocycles. The van der Waals surface area contributed by atoms with Crippen molar-refractivity contribution in [2.24, 2.45) is 0 Å². The topological polar surface area (TPSA) is 95.5 Å². The lowest BCUT2D eigenvalue weighted by Crippen LogP contribution is -2.31. The van der Waals surface area contributed by atoms with Gasteiger partial charge in [0.25, 0.3) is 11.5 Å². The van der Waals surface area contributed by atoms with Crippen LogP contribution in [0.15, 0.2) is 35.4 Å². The van der Waals surface area contributed by atoms with Crippen LogP contribution in [0.1, 0.15) is 33.8 Å². The van der Waals surface area contributed by atoms with E-state index >= 15 is 0 Å². The molecule has 1 aromatic carbocycles. The van der Waals surface area contributed by atoms with Crippen LogP contribution in [-0.4, -0.2) is 46.1 Å². The molecule has 0 fully saturated rings. The maximum absolute atomic E-state index is 12.8. The molecular formula is C19H21N3O4S. The van der Waals surface area contributed by atoms with Gasteiger partial charge in [0.2, 0.25) is 0 Å². The lowest BCUT2D eigenvalue weighted by molar-refractivity contribution is 0.0684. The lowest BCUT2D eigenvalue weighted by atomic mass is 10.1. The summed E-state index contributed by atoms with van der Waals surface area (Å²) in [5.74, 6) is 0.420.